The number of aryl methyl sites for hydroxylation is 1. The molecular formula is C27H25F3N2O5S. The zero-order valence-electron chi connectivity index (χ0n) is 20.3. The molecular weight excluding hydrogens is 521 g/mol. The molecule has 4 rings (SSSR count). The van der Waals surface area contributed by atoms with E-state index in [1.807, 2.05) is 6.92 Å². The van der Waals surface area contributed by atoms with Gasteiger partial charge in [0.2, 0.25) is 5.91 Å². The fourth-order valence-electron chi connectivity index (χ4n) is 4.51. The molecule has 1 aromatic heterocycles. The largest absolute Gasteiger partial charge is 0.573 e. The second kappa shape index (κ2) is 11.4. The lowest BCUT2D eigenvalue weighted by Crippen LogP contribution is -2.43. The number of hydrogen-bond donors (Lipinski definition) is 2. The van der Waals surface area contributed by atoms with Gasteiger partial charge in [0.1, 0.15) is 22.8 Å². The number of thiophene rings is 1. The van der Waals surface area contributed by atoms with Crippen LogP contribution < -0.4 is 10.1 Å². The highest BCUT2D eigenvalue weighted by molar-refractivity contribution is 7.16. The minimum Gasteiger partial charge on any atom is -0.480 e. The van der Waals surface area contributed by atoms with E-state index in [0.717, 1.165) is 17.0 Å². The summed E-state index contributed by atoms with van der Waals surface area (Å²) in [5.41, 5.74) is 0.951. The maximum Gasteiger partial charge on any atom is 0.573 e. The second-order valence-electron chi connectivity index (χ2n) is 8.75. The molecule has 2 aromatic carbocycles. The van der Waals surface area contributed by atoms with Gasteiger partial charge >= 0.3 is 12.3 Å². The van der Waals surface area contributed by atoms with Crippen molar-refractivity contribution in [2.24, 2.45) is 0 Å². The maximum absolute atomic E-state index is 13.7. The Morgan fingerprint density at radius 1 is 1.13 bits per heavy atom. The molecule has 0 saturated carbocycles. The third-order valence-corrected chi connectivity index (χ3v) is 7.43. The van der Waals surface area contributed by atoms with Crippen molar-refractivity contribution in [2.75, 3.05) is 11.9 Å². The van der Waals surface area contributed by atoms with Gasteiger partial charge in [-0.2, -0.15) is 0 Å². The smallest absolute Gasteiger partial charge is 0.480 e. The number of ether oxygens (including phenoxy) is 1. The van der Waals surface area contributed by atoms with Gasteiger partial charge in [-0.1, -0.05) is 37.3 Å². The standard InChI is InChI=1S/C27H25F3N2O5S/c1-2-19-15-20(23(33)17-10-12-18(13-11-17)37-27(28,29)30)25(38-19)31-24(34)22(16-7-4-3-5-8-16)32-14-6-9-21(32)26(35)36/h3-5,7-8,10-13,15,21-22H,2,6,9,14H2,1H3,(H,31,34)(H,35,36)/t21?,22-/m1/s1. The van der Waals surface area contributed by atoms with Crippen LogP contribution in [0.4, 0.5) is 18.2 Å². The molecule has 0 radical (unpaired) electrons. The number of likely N-dealkylation sites (tertiary alicyclic amines) is 1. The number of nitrogens with zero attached hydrogens (tertiary/aromatic N) is 1. The van der Waals surface area contributed by atoms with Crippen LogP contribution in [0.2, 0.25) is 0 Å². The van der Waals surface area contributed by atoms with Crippen LogP contribution in [0.25, 0.3) is 0 Å². The van der Waals surface area contributed by atoms with Crippen molar-refractivity contribution in [2.45, 2.75) is 44.6 Å². The van der Waals surface area contributed by atoms with Gasteiger partial charge in [-0.3, -0.25) is 19.3 Å². The van der Waals surface area contributed by atoms with Crippen LogP contribution in [0, 0.1) is 0 Å². The molecule has 7 nitrogen and oxygen atoms in total. The molecule has 200 valence electrons. The molecule has 1 fully saturated rings. The number of carboxylic acid groups (broad SMARTS) is 1. The average molecular weight is 547 g/mol. The highest BCUT2D eigenvalue weighted by Gasteiger charge is 2.40. The molecule has 38 heavy (non-hydrogen) atoms. The Morgan fingerprint density at radius 3 is 2.42 bits per heavy atom. The Kier molecular flexibility index (Phi) is 8.17. The first-order valence-corrected chi connectivity index (χ1v) is 12.8. The van der Waals surface area contributed by atoms with E-state index in [0.29, 0.717) is 36.4 Å². The quantitative estimate of drug-likeness (QED) is 0.336. The number of rotatable bonds is 9. The summed E-state index contributed by atoms with van der Waals surface area (Å²) in [5, 5.41) is 12.9. The van der Waals surface area contributed by atoms with E-state index < -0.39 is 41.9 Å². The first-order chi connectivity index (χ1) is 18.1. The van der Waals surface area contributed by atoms with Crippen LogP contribution in [-0.4, -0.2) is 46.6 Å². The fraction of sp³-hybridized carbons (Fsp3) is 0.296. The number of benzene rings is 2. The molecule has 3 aromatic rings. The lowest BCUT2D eigenvalue weighted by molar-refractivity contribution is -0.274. The predicted octanol–water partition coefficient (Wildman–Crippen LogP) is 5.67. The molecule has 2 atom stereocenters. The van der Waals surface area contributed by atoms with Crippen molar-refractivity contribution in [3.05, 3.63) is 82.2 Å². The van der Waals surface area contributed by atoms with Crippen LogP contribution >= 0.6 is 11.3 Å². The van der Waals surface area contributed by atoms with Crippen molar-refractivity contribution in [1.29, 1.82) is 0 Å². The fourth-order valence-corrected chi connectivity index (χ4v) is 5.51. The Morgan fingerprint density at radius 2 is 1.82 bits per heavy atom. The molecule has 1 unspecified atom stereocenters. The summed E-state index contributed by atoms with van der Waals surface area (Å²) in [6.45, 7) is 2.32. The van der Waals surface area contributed by atoms with Crippen LogP contribution in [0.5, 0.6) is 5.75 Å². The first kappa shape index (κ1) is 27.3. The molecule has 1 aliphatic rings. The Hall–Kier alpha value is -3.70. The summed E-state index contributed by atoms with van der Waals surface area (Å²) in [7, 11) is 0. The van der Waals surface area contributed by atoms with Crippen molar-refractivity contribution >= 4 is 34.0 Å². The predicted molar refractivity (Wildman–Crippen MR) is 135 cm³/mol. The SMILES string of the molecule is CCc1cc(C(=O)c2ccc(OC(F)(F)F)cc2)c(NC(=O)[C@@H](c2ccccc2)N2CCCC2C(=O)O)s1. The van der Waals surface area contributed by atoms with Crippen LogP contribution in [0.15, 0.2) is 60.7 Å². The second-order valence-corrected chi connectivity index (χ2v) is 9.88. The lowest BCUT2D eigenvalue weighted by atomic mass is 10.0. The topological polar surface area (TPSA) is 95.9 Å². The number of nitrogens with one attached hydrogen (secondary N) is 1. The van der Waals surface area contributed by atoms with E-state index in [1.165, 1.54) is 23.5 Å². The Balaban J connectivity index is 1.63. The summed E-state index contributed by atoms with van der Waals surface area (Å²) >= 11 is 1.22. The molecule has 1 aliphatic heterocycles. The number of anilines is 1. The highest BCUT2D eigenvalue weighted by Crippen LogP contribution is 2.35. The molecule has 0 aliphatic carbocycles. The molecule has 2 heterocycles. The van der Waals surface area contributed by atoms with Gasteiger partial charge in [-0.15, -0.1) is 24.5 Å². The van der Waals surface area contributed by atoms with Crippen LogP contribution in [0.1, 0.15) is 52.2 Å². The number of ketones is 1. The summed E-state index contributed by atoms with van der Waals surface area (Å²) in [4.78, 5) is 41.4. The molecule has 1 amide bonds. The summed E-state index contributed by atoms with van der Waals surface area (Å²) < 4.78 is 41.3. The van der Waals surface area contributed by atoms with Gasteiger partial charge in [0.15, 0.2) is 5.78 Å². The number of carbonyl (C=O) groups is 3. The number of amides is 1. The van der Waals surface area contributed by atoms with E-state index in [9.17, 15) is 32.7 Å². The number of alkyl halides is 3. The molecule has 2 N–H and O–H groups in total. The number of carboxylic acids is 1. The summed E-state index contributed by atoms with van der Waals surface area (Å²) in [5.74, 6) is -2.41. The minimum atomic E-state index is -4.85. The van der Waals surface area contributed by atoms with E-state index >= 15 is 0 Å². The van der Waals surface area contributed by atoms with Crippen LogP contribution in [-0.2, 0) is 16.0 Å². The van der Waals surface area contributed by atoms with E-state index in [1.54, 1.807) is 41.3 Å². The van der Waals surface area contributed by atoms with Crippen molar-refractivity contribution in [1.82, 2.24) is 4.90 Å². The third-order valence-electron chi connectivity index (χ3n) is 6.24. The summed E-state index contributed by atoms with van der Waals surface area (Å²) in [6.07, 6.45) is -3.21. The van der Waals surface area contributed by atoms with Gasteiger partial charge in [-0.25, -0.2) is 0 Å². The summed E-state index contributed by atoms with van der Waals surface area (Å²) in [6, 6.07) is 13.3. The zero-order chi connectivity index (χ0) is 27.4. The minimum absolute atomic E-state index is 0.126. The number of hydrogen-bond acceptors (Lipinski definition) is 6. The number of halogens is 3. The third kappa shape index (κ3) is 6.22. The van der Waals surface area contributed by atoms with Gasteiger partial charge in [0.25, 0.3) is 0 Å². The zero-order valence-corrected chi connectivity index (χ0v) is 21.1. The van der Waals surface area contributed by atoms with E-state index in [-0.39, 0.29) is 11.1 Å². The van der Waals surface area contributed by atoms with Gasteiger partial charge < -0.3 is 15.2 Å². The Bertz CT molecular complexity index is 1310. The molecule has 11 heteroatoms. The Labute approximate surface area is 220 Å². The molecule has 0 bridgehead atoms. The van der Waals surface area contributed by atoms with Crippen molar-refractivity contribution in [3.8, 4) is 5.75 Å². The first-order valence-electron chi connectivity index (χ1n) is 11.9. The van der Waals surface area contributed by atoms with Gasteiger partial charge in [0, 0.05) is 17.0 Å². The lowest BCUT2D eigenvalue weighted by Gasteiger charge is -2.30. The monoisotopic (exact) mass is 546 g/mol. The highest BCUT2D eigenvalue weighted by atomic mass is 32.1. The van der Waals surface area contributed by atoms with E-state index in [4.69, 9.17) is 0 Å². The maximum atomic E-state index is 13.7. The van der Waals surface area contributed by atoms with Crippen molar-refractivity contribution < 1.29 is 37.4 Å². The number of carbonyl (C=O) groups excluding carboxylic acids is 2. The van der Waals surface area contributed by atoms with Gasteiger partial charge in [-0.05, 0) is 55.2 Å². The average Bonchev–Trinajstić information content (AvgIpc) is 3.51. The number of aliphatic carboxylic acids is 1. The normalized spacial score (nSPS) is 16.7. The molecule has 0 spiro atoms. The molecule has 1 saturated heterocycles. The van der Waals surface area contributed by atoms with Crippen LogP contribution in [0.3, 0.4) is 0 Å². The van der Waals surface area contributed by atoms with Crippen molar-refractivity contribution in [3.63, 3.8) is 0 Å². The van der Waals surface area contributed by atoms with E-state index in [2.05, 4.69) is 10.1 Å². The van der Waals surface area contributed by atoms with Gasteiger partial charge in [0.05, 0.1) is 5.56 Å².